The van der Waals surface area contributed by atoms with Crippen molar-refractivity contribution in [1.29, 1.82) is 0 Å². The Labute approximate surface area is 132 Å². The number of carbonyl (C=O) groups excluding carboxylic acids is 1. The highest BCUT2D eigenvalue weighted by molar-refractivity contribution is 5.89. The van der Waals surface area contributed by atoms with Crippen molar-refractivity contribution in [3.63, 3.8) is 0 Å². The molecule has 3 fully saturated rings. The van der Waals surface area contributed by atoms with Gasteiger partial charge in [-0.3, -0.25) is 0 Å². The quantitative estimate of drug-likeness (QED) is 0.676. The SMILES string of the molecule is O=C(O[C@@H]1C[C@@]2(O)CO[C@H]3O[C@H](O)C[C@@H]1[C@H]32)c1ccc(O)cc1. The molecule has 7 heteroatoms. The van der Waals surface area contributed by atoms with Crippen molar-refractivity contribution in [2.45, 2.75) is 37.1 Å². The fourth-order valence-corrected chi connectivity index (χ4v) is 4.00. The minimum Gasteiger partial charge on any atom is -0.508 e. The zero-order chi connectivity index (χ0) is 16.2. The minimum atomic E-state index is -1.09. The van der Waals surface area contributed by atoms with Gasteiger partial charge in [-0.2, -0.15) is 0 Å². The van der Waals surface area contributed by atoms with E-state index in [1.807, 2.05) is 0 Å². The number of rotatable bonds is 2. The van der Waals surface area contributed by atoms with Crippen molar-refractivity contribution in [2.75, 3.05) is 6.61 Å². The van der Waals surface area contributed by atoms with Crippen molar-refractivity contribution in [3.8, 4) is 5.75 Å². The molecule has 1 aliphatic carbocycles. The highest BCUT2D eigenvalue weighted by atomic mass is 16.7. The summed E-state index contributed by atoms with van der Waals surface area (Å²) in [5.74, 6) is -0.961. The highest BCUT2D eigenvalue weighted by Gasteiger charge is 2.64. The van der Waals surface area contributed by atoms with E-state index in [0.717, 1.165) is 0 Å². The first-order chi connectivity index (χ1) is 11.0. The van der Waals surface area contributed by atoms with Gasteiger partial charge < -0.3 is 29.5 Å². The van der Waals surface area contributed by atoms with Crippen LogP contribution in [0.5, 0.6) is 5.75 Å². The summed E-state index contributed by atoms with van der Waals surface area (Å²) in [7, 11) is 0. The summed E-state index contributed by atoms with van der Waals surface area (Å²) in [5.41, 5.74) is -0.762. The number of phenolic OH excluding ortho intramolecular Hbond substituents is 1. The summed E-state index contributed by atoms with van der Waals surface area (Å²) in [6.45, 7) is 0.110. The average molecular weight is 322 g/mol. The van der Waals surface area contributed by atoms with E-state index < -0.39 is 30.3 Å². The third kappa shape index (κ3) is 2.40. The van der Waals surface area contributed by atoms with Crippen LogP contribution in [0.3, 0.4) is 0 Å². The number of esters is 1. The number of hydrogen-bond donors (Lipinski definition) is 3. The van der Waals surface area contributed by atoms with Gasteiger partial charge in [-0.05, 0) is 24.3 Å². The molecule has 124 valence electrons. The number of ether oxygens (including phenoxy) is 3. The molecule has 2 heterocycles. The number of benzene rings is 1. The van der Waals surface area contributed by atoms with Gasteiger partial charge >= 0.3 is 5.97 Å². The van der Waals surface area contributed by atoms with E-state index in [0.29, 0.717) is 12.0 Å². The fraction of sp³-hybridized carbons (Fsp3) is 0.562. The molecule has 1 aromatic rings. The Balaban J connectivity index is 1.53. The van der Waals surface area contributed by atoms with Crippen LogP contribution in [-0.2, 0) is 14.2 Å². The Hall–Kier alpha value is -1.67. The van der Waals surface area contributed by atoms with Gasteiger partial charge in [0.15, 0.2) is 12.6 Å². The molecule has 2 saturated heterocycles. The normalized spacial score (nSPS) is 41.6. The van der Waals surface area contributed by atoms with Crippen LogP contribution >= 0.6 is 0 Å². The summed E-state index contributed by atoms with van der Waals surface area (Å²) in [6, 6.07) is 5.78. The zero-order valence-corrected chi connectivity index (χ0v) is 12.3. The van der Waals surface area contributed by atoms with Crippen molar-refractivity contribution >= 4 is 5.97 Å². The summed E-state index contributed by atoms with van der Waals surface area (Å²) >= 11 is 0. The summed E-state index contributed by atoms with van der Waals surface area (Å²) in [4.78, 5) is 12.3. The second-order valence-corrected chi connectivity index (χ2v) is 6.49. The van der Waals surface area contributed by atoms with Gasteiger partial charge in [-0.1, -0.05) is 0 Å². The molecule has 23 heavy (non-hydrogen) atoms. The van der Waals surface area contributed by atoms with E-state index in [-0.39, 0.29) is 30.6 Å². The van der Waals surface area contributed by atoms with Crippen molar-refractivity contribution in [1.82, 2.24) is 0 Å². The lowest BCUT2D eigenvalue weighted by Crippen LogP contribution is -2.44. The summed E-state index contributed by atoms with van der Waals surface area (Å²) in [5, 5.41) is 29.8. The van der Waals surface area contributed by atoms with Crippen LogP contribution in [0.15, 0.2) is 24.3 Å². The van der Waals surface area contributed by atoms with Crippen molar-refractivity contribution in [2.24, 2.45) is 11.8 Å². The van der Waals surface area contributed by atoms with E-state index in [4.69, 9.17) is 14.2 Å². The average Bonchev–Trinajstić information content (AvgIpc) is 2.97. The van der Waals surface area contributed by atoms with Crippen LogP contribution in [0.2, 0.25) is 0 Å². The number of aromatic hydroxyl groups is 1. The first kappa shape index (κ1) is 14.9. The molecule has 7 nitrogen and oxygen atoms in total. The Kier molecular flexibility index (Phi) is 3.35. The summed E-state index contributed by atoms with van der Waals surface area (Å²) in [6.07, 6.45) is -1.60. The Morgan fingerprint density at radius 3 is 2.78 bits per heavy atom. The van der Waals surface area contributed by atoms with E-state index in [1.165, 1.54) is 24.3 Å². The Morgan fingerprint density at radius 1 is 1.30 bits per heavy atom. The second kappa shape index (κ2) is 5.17. The summed E-state index contributed by atoms with van der Waals surface area (Å²) < 4.78 is 16.3. The van der Waals surface area contributed by atoms with Gasteiger partial charge in [-0.25, -0.2) is 4.79 Å². The minimum absolute atomic E-state index is 0.0683. The molecule has 2 aliphatic heterocycles. The molecular weight excluding hydrogens is 304 g/mol. The van der Waals surface area contributed by atoms with Crippen LogP contribution in [0, 0.1) is 11.8 Å². The maximum absolute atomic E-state index is 12.3. The smallest absolute Gasteiger partial charge is 0.338 e. The number of aliphatic hydroxyl groups is 2. The Bertz CT molecular complexity index is 615. The Morgan fingerprint density at radius 2 is 2.04 bits per heavy atom. The first-order valence-corrected chi connectivity index (χ1v) is 7.64. The largest absolute Gasteiger partial charge is 0.508 e. The van der Waals surface area contributed by atoms with Crippen LogP contribution in [0.1, 0.15) is 23.2 Å². The van der Waals surface area contributed by atoms with Gasteiger partial charge in [-0.15, -0.1) is 0 Å². The molecule has 0 bridgehead atoms. The molecule has 4 rings (SSSR count). The molecule has 0 amide bonds. The molecule has 3 N–H and O–H groups in total. The maximum atomic E-state index is 12.3. The highest BCUT2D eigenvalue weighted by Crippen LogP contribution is 2.53. The molecule has 6 atom stereocenters. The predicted octanol–water partition coefficient (Wildman–Crippen LogP) is 0.380. The number of carbonyl (C=O) groups is 1. The number of phenols is 1. The zero-order valence-electron chi connectivity index (χ0n) is 12.3. The van der Waals surface area contributed by atoms with E-state index >= 15 is 0 Å². The van der Waals surface area contributed by atoms with Crippen molar-refractivity contribution in [3.05, 3.63) is 29.8 Å². The topological polar surface area (TPSA) is 105 Å². The van der Waals surface area contributed by atoms with Gasteiger partial charge in [0.25, 0.3) is 0 Å². The van der Waals surface area contributed by atoms with Gasteiger partial charge in [0.05, 0.1) is 17.8 Å². The van der Waals surface area contributed by atoms with Crippen LogP contribution in [0.25, 0.3) is 0 Å². The predicted molar refractivity (Wildman–Crippen MR) is 75.3 cm³/mol. The van der Waals surface area contributed by atoms with E-state index in [9.17, 15) is 20.1 Å². The first-order valence-electron chi connectivity index (χ1n) is 7.64. The van der Waals surface area contributed by atoms with Crippen molar-refractivity contribution < 1.29 is 34.3 Å². The second-order valence-electron chi connectivity index (χ2n) is 6.49. The van der Waals surface area contributed by atoms with Gasteiger partial charge in [0, 0.05) is 24.7 Å². The fourth-order valence-electron chi connectivity index (χ4n) is 4.00. The lowest BCUT2D eigenvalue weighted by Gasteiger charge is -2.35. The molecule has 3 aliphatic rings. The third-order valence-corrected chi connectivity index (χ3v) is 5.03. The maximum Gasteiger partial charge on any atom is 0.338 e. The van der Waals surface area contributed by atoms with Gasteiger partial charge in [0.1, 0.15) is 11.9 Å². The van der Waals surface area contributed by atoms with Crippen LogP contribution < -0.4 is 0 Å². The van der Waals surface area contributed by atoms with E-state index in [2.05, 4.69) is 0 Å². The molecular formula is C16H18O7. The van der Waals surface area contributed by atoms with Gasteiger partial charge in [0.2, 0.25) is 0 Å². The lowest BCUT2D eigenvalue weighted by molar-refractivity contribution is -0.265. The van der Waals surface area contributed by atoms with E-state index in [1.54, 1.807) is 0 Å². The van der Waals surface area contributed by atoms with Crippen LogP contribution in [-0.4, -0.2) is 52.2 Å². The molecule has 0 spiro atoms. The lowest BCUT2D eigenvalue weighted by atomic mass is 9.84. The van der Waals surface area contributed by atoms with Crippen LogP contribution in [0.4, 0.5) is 0 Å². The number of aliphatic hydroxyl groups excluding tert-OH is 1. The molecule has 0 radical (unpaired) electrons. The molecule has 0 aromatic heterocycles. The molecule has 1 aromatic carbocycles. The molecule has 0 unspecified atom stereocenters. The molecule has 1 saturated carbocycles. The third-order valence-electron chi connectivity index (χ3n) is 5.03. The standard InChI is InChI=1S/C16H18O7/c17-9-3-1-8(2-4-9)14(19)22-11-6-16(20)7-21-15-13(16)10(11)5-12(18)23-15/h1-4,10-13,15,17-18,20H,5-7H2/t10-,11+,12-,13+,15-,16+/m0/s1. The number of hydrogen-bond acceptors (Lipinski definition) is 7. The monoisotopic (exact) mass is 322 g/mol.